The molecule has 0 unspecified atom stereocenters. The Balaban J connectivity index is 2.08. The van der Waals surface area contributed by atoms with Crippen LogP contribution < -0.4 is 16.4 Å². The van der Waals surface area contributed by atoms with E-state index in [0.29, 0.717) is 5.69 Å². The normalized spacial score (nSPS) is 10.9. The zero-order chi connectivity index (χ0) is 17.0. The van der Waals surface area contributed by atoms with Crippen LogP contribution in [-0.4, -0.2) is 11.0 Å². The summed E-state index contributed by atoms with van der Waals surface area (Å²) in [6.45, 7) is 0. The quantitative estimate of drug-likeness (QED) is 0.747. The highest BCUT2D eigenvalue weighted by Crippen LogP contribution is 2.30. The van der Waals surface area contributed by atoms with Crippen molar-refractivity contribution in [3.8, 4) is 0 Å². The number of nitrogens with two attached hydrogens (primary N) is 1. The van der Waals surface area contributed by atoms with Crippen molar-refractivity contribution in [3.05, 3.63) is 59.7 Å². The Labute approximate surface area is 135 Å². The van der Waals surface area contributed by atoms with Gasteiger partial charge in [0.2, 0.25) is 5.91 Å². The molecule has 2 rings (SSSR count). The number of carbonyl (C=O) groups is 1. The summed E-state index contributed by atoms with van der Waals surface area (Å²) in [4.78, 5) is 11.1. The largest absolute Gasteiger partial charge is 0.416 e. The summed E-state index contributed by atoms with van der Waals surface area (Å²) in [5, 5.41) is 5.52. The van der Waals surface area contributed by atoms with Crippen LogP contribution in [0.5, 0.6) is 0 Å². The minimum atomic E-state index is -4.43. The van der Waals surface area contributed by atoms with Gasteiger partial charge in [-0.3, -0.25) is 4.79 Å². The van der Waals surface area contributed by atoms with Crippen molar-refractivity contribution >= 4 is 34.6 Å². The zero-order valence-electron chi connectivity index (χ0n) is 11.6. The van der Waals surface area contributed by atoms with Crippen LogP contribution in [-0.2, 0) is 6.18 Å². The standard InChI is InChI=1S/C15H12F3N3OS/c16-15(17,18)10-4-2-6-12(8-10)21-14(23)20-11-5-1-3-9(7-11)13(19)22/h1-8H,(H2,19,22)(H2,20,21,23). The number of anilines is 2. The molecule has 0 saturated heterocycles. The van der Waals surface area contributed by atoms with Crippen LogP contribution in [0.1, 0.15) is 15.9 Å². The van der Waals surface area contributed by atoms with Gasteiger partial charge < -0.3 is 16.4 Å². The lowest BCUT2D eigenvalue weighted by Crippen LogP contribution is -2.20. The fourth-order valence-electron chi connectivity index (χ4n) is 1.82. The van der Waals surface area contributed by atoms with Gasteiger partial charge in [0.25, 0.3) is 0 Å². The molecule has 4 N–H and O–H groups in total. The molecule has 0 saturated carbocycles. The fourth-order valence-corrected chi connectivity index (χ4v) is 2.05. The van der Waals surface area contributed by atoms with Gasteiger partial charge in [0.05, 0.1) is 5.56 Å². The number of rotatable bonds is 3. The Kier molecular flexibility index (Phi) is 4.85. The van der Waals surface area contributed by atoms with E-state index in [-0.39, 0.29) is 16.4 Å². The maximum absolute atomic E-state index is 12.7. The first-order valence-electron chi connectivity index (χ1n) is 6.41. The highest BCUT2D eigenvalue weighted by molar-refractivity contribution is 7.80. The Morgan fingerprint density at radius 2 is 1.57 bits per heavy atom. The number of alkyl halides is 3. The van der Waals surface area contributed by atoms with Gasteiger partial charge in [-0.15, -0.1) is 0 Å². The maximum atomic E-state index is 12.7. The molecule has 0 radical (unpaired) electrons. The van der Waals surface area contributed by atoms with Crippen LogP contribution in [0.2, 0.25) is 0 Å². The second-order valence-electron chi connectivity index (χ2n) is 4.60. The van der Waals surface area contributed by atoms with E-state index < -0.39 is 17.6 Å². The van der Waals surface area contributed by atoms with Crippen molar-refractivity contribution in [3.63, 3.8) is 0 Å². The van der Waals surface area contributed by atoms with Gasteiger partial charge in [-0.05, 0) is 48.6 Å². The van der Waals surface area contributed by atoms with E-state index in [1.54, 1.807) is 12.1 Å². The molecule has 0 bridgehead atoms. The van der Waals surface area contributed by atoms with Crippen LogP contribution in [0, 0.1) is 0 Å². The number of hydrogen-bond donors (Lipinski definition) is 3. The van der Waals surface area contributed by atoms with Gasteiger partial charge in [0, 0.05) is 16.9 Å². The monoisotopic (exact) mass is 339 g/mol. The van der Waals surface area contributed by atoms with Crippen LogP contribution in [0.4, 0.5) is 24.5 Å². The second kappa shape index (κ2) is 6.66. The third-order valence-electron chi connectivity index (χ3n) is 2.85. The van der Waals surface area contributed by atoms with Crippen molar-refractivity contribution < 1.29 is 18.0 Å². The average Bonchev–Trinajstić information content (AvgIpc) is 2.46. The molecule has 0 fully saturated rings. The third-order valence-corrected chi connectivity index (χ3v) is 3.06. The molecule has 120 valence electrons. The molecule has 0 aliphatic heterocycles. The van der Waals surface area contributed by atoms with Gasteiger partial charge in [0.1, 0.15) is 0 Å². The van der Waals surface area contributed by atoms with Crippen molar-refractivity contribution in [1.29, 1.82) is 0 Å². The molecule has 0 spiro atoms. The summed E-state index contributed by atoms with van der Waals surface area (Å²) < 4.78 is 38.0. The number of hydrogen-bond acceptors (Lipinski definition) is 2. The van der Waals surface area contributed by atoms with E-state index in [1.165, 1.54) is 24.3 Å². The first-order chi connectivity index (χ1) is 10.8. The predicted octanol–water partition coefficient (Wildman–Crippen LogP) is 3.61. The molecule has 2 aromatic rings. The van der Waals surface area contributed by atoms with E-state index in [0.717, 1.165) is 12.1 Å². The zero-order valence-corrected chi connectivity index (χ0v) is 12.5. The fraction of sp³-hybridized carbons (Fsp3) is 0.0667. The molecule has 8 heteroatoms. The topological polar surface area (TPSA) is 67.2 Å². The van der Waals surface area contributed by atoms with E-state index in [1.807, 2.05) is 0 Å². The summed E-state index contributed by atoms with van der Waals surface area (Å²) in [7, 11) is 0. The summed E-state index contributed by atoms with van der Waals surface area (Å²) in [5.74, 6) is -0.592. The maximum Gasteiger partial charge on any atom is 0.416 e. The Bertz CT molecular complexity index is 747. The van der Waals surface area contributed by atoms with E-state index in [2.05, 4.69) is 10.6 Å². The molecule has 1 amide bonds. The SMILES string of the molecule is NC(=O)c1cccc(NC(=S)Nc2cccc(C(F)(F)F)c2)c1. The van der Waals surface area contributed by atoms with Crippen LogP contribution in [0.25, 0.3) is 0 Å². The van der Waals surface area contributed by atoms with Crippen molar-refractivity contribution in [2.24, 2.45) is 5.73 Å². The van der Waals surface area contributed by atoms with Gasteiger partial charge in [-0.2, -0.15) is 13.2 Å². The summed E-state index contributed by atoms with van der Waals surface area (Å²) >= 11 is 5.04. The van der Waals surface area contributed by atoms with Gasteiger partial charge >= 0.3 is 6.18 Å². The van der Waals surface area contributed by atoms with Crippen molar-refractivity contribution in [2.75, 3.05) is 10.6 Å². The molecule has 2 aromatic carbocycles. The lowest BCUT2D eigenvalue weighted by atomic mass is 10.2. The Morgan fingerprint density at radius 3 is 2.13 bits per heavy atom. The van der Waals surface area contributed by atoms with Gasteiger partial charge in [-0.25, -0.2) is 0 Å². The molecule has 0 heterocycles. The first-order valence-corrected chi connectivity index (χ1v) is 6.81. The predicted molar refractivity (Wildman–Crippen MR) is 86.2 cm³/mol. The highest BCUT2D eigenvalue weighted by Gasteiger charge is 2.30. The van der Waals surface area contributed by atoms with Crippen LogP contribution >= 0.6 is 12.2 Å². The van der Waals surface area contributed by atoms with Crippen LogP contribution in [0.15, 0.2) is 48.5 Å². The molecule has 0 atom stereocenters. The van der Waals surface area contributed by atoms with E-state index >= 15 is 0 Å². The molecule has 0 aromatic heterocycles. The average molecular weight is 339 g/mol. The molecule has 4 nitrogen and oxygen atoms in total. The van der Waals surface area contributed by atoms with Gasteiger partial charge in [-0.1, -0.05) is 12.1 Å². The van der Waals surface area contributed by atoms with Gasteiger partial charge in [0.15, 0.2) is 5.11 Å². The van der Waals surface area contributed by atoms with Crippen molar-refractivity contribution in [2.45, 2.75) is 6.18 Å². The smallest absolute Gasteiger partial charge is 0.366 e. The minimum absolute atomic E-state index is 0.0888. The minimum Gasteiger partial charge on any atom is -0.366 e. The third kappa shape index (κ3) is 4.68. The van der Waals surface area contributed by atoms with Crippen LogP contribution in [0.3, 0.4) is 0 Å². The lowest BCUT2D eigenvalue weighted by molar-refractivity contribution is -0.137. The Hall–Kier alpha value is -2.61. The number of benzene rings is 2. The lowest BCUT2D eigenvalue weighted by Gasteiger charge is -2.13. The molecular weight excluding hydrogens is 327 g/mol. The van der Waals surface area contributed by atoms with Crippen molar-refractivity contribution in [1.82, 2.24) is 0 Å². The molecule has 0 aliphatic rings. The van der Waals surface area contributed by atoms with E-state index in [4.69, 9.17) is 18.0 Å². The number of nitrogens with one attached hydrogen (secondary N) is 2. The number of thiocarbonyl (C=S) groups is 1. The Morgan fingerprint density at radius 1 is 1.00 bits per heavy atom. The summed E-state index contributed by atoms with van der Waals surface area (Å²) in [5.41, 5.74) is 5.37. The first kappa shape index (κ1) is 16.8. The molecule has 0 aliphatic carbocycles. The molecular formula is C15H12F3N3OS. The highest BCUT2D eigenvalue weighted by atomic mass is 32.1. The molecule has 23 heavy (non-hydrogen) atoms. The summed E-state index contributed by atoms with van der Waals surface area (Å²) in [6.07, 6.45) is -4.43. The number of primary amides is 1. The number of carbonyl (C=O) groups excluding carboxylic acids is 1. The van der Waals surface area contributed by atoms with E-state index in [9.17, 15) is 18.0 Å². The second-order valence-corrected chi connectivity index (χ2v) is 5.01. The number of amides is 1. The number of halogens is 3. The summed E-state index contributed by atoms with van der Waals surface area (Å²) in [6, 6.07) is 10.9.